The smallest absolute Gasteiger partial charge is 0.427 e. The van der Waals surface area contributed by atoms with Crippen LogP contribution >= 0.6 is 15.6 Å². The van der Waals surface area contributed by atoms with E-state index in [2.05, 4.69) is 5.16 Å². The SMILES string of the molecule is CC(=O)Oc1ccc(COP(=O)(OCc2ccc(OC(C)=O)cc2)OP(=O)(O)OC[C@H]2O[C@@H](n3ccc(=O)n(Cc4noc5ccccc45)c3=O)[C@@H](O)C2O)cc1. The van der Waals surface area contributed by atoms with Crippen molar-refractivity contribution in [2.45, 2.75) is 58.1 Å². The summed E-state index contributed by atoms with van der Waals surface area (Å²) >= 11 is 0. The number of rotatable bonds is 16. The van der Waals surface area contributed by atoms with E-state index in [1.54, 1.807) is 24.3 Å². The number of hydrogen-bond donors (Lipinski definition) is 3. The number of aromatic nitrogens is 3. The molecule has 1 aliphatic heterocycles. The molecule has 2 aromatic heterocycles. The highest BCUT2D eigenvalue weighted by atomic mass is 31.3. The van der Waals surface area contributed by atoms with Gasteiger partial charge in [0.15, 0.2) is 11.8 Å². The summed E-state index contributed by atoms with van der Waals surface area (Å²) in [6, 6.07) is 19.4. The second kappa shape index (κ2) is 17.6. The number of esters is 2. The van der Waals surface area contributed by atoms with Crippen LogP contribution in [0.1, 0.15) is 36.9 Å². The molecule has 1 fully saturated rings. The monoisotopic (exact) mass is 831 g/mol. The van der Waals surface area contributed by atoms with Crippen LogP contribution in [0, 0.1) is 0 Å². The van der Waals surface area contributed by atoms with Gasteiger partial charge in [-0.2, -0.15) is 4.31 Å². The Morgan fingerprint density at radius 3 is 1.96 bits per heavy atom. The van der Waals surface area contributed by atoms with Gasteiger partial charge in [0.05, 0.1) is 26.4 Å². The average Bonchev–Trinajstić information content (AvgIpc) is 3.70. The summed E-state index contributed by atoms with van der Waals surface area (Å²) in [4.78, 5) is 59.4. The number of aliphatic hydroxyl groups excluding tert-OH is 2. The molecule has 22 heteroatoms. The Labute approximate surface area is 321 Å². The standard InChI is InChI=1S/C35H35N3O17P2/c1-21(39)51-25-11-7-23(8-12-25)18-49-57(47,50-19-24-9-13-26(14-10-24)52-22(2)40)55-56(45,46)48-20-30-32(42)33(43)34(53-30)37-16-15-31(41)38(35(37)44)17-28-27-5-3-4-6-29(27)54-36-28/h3-16,30,32-34,42-43H,17-20H2,1-2H3,(H,45,46)/t30-,32?,33+,34-/m1/s1. The number of fused-ring (bicyclic) bond motifs is 1. The first-order chi connectivity index (χ1) is 27.1. The number of phosphoric acid groups is 2. The molecule has 5 atom stereocenters. The van der Waals surface area contributed by atoms with E-state index in [0.29, 0.717) is 22.1 Å². The van der Waals surface area contributed by atoms with Crippen LogP contribution in [0.4, 0.5) is 0 Å². The zero-order chi connectivity index (χ0) is 40.9. The Morgan fingerprint density at radius 1 is 0.807 bits per heavy atom. The van der Waals surface area contributed by atoms with E-state index < -0.39 is 83.2 Å². The van der Waals surface area contributed by atoms with E-state index in [4.69, 9.17) is 36.6 Å². The van der Waals surface area contributed by atoms with Crippen LogP contribution in [0.2, 0.25) is 0 Å². The highest BCUT2D eigenvalue weighted by Crippen LogP contribution is 2.64. The molecule has 0 saturated carbocycles. The number of hydrogen-bond acceptors (Lipinski definition) is 17. The fraction of sp³-hybridized carbons (Fsp3) is 0.286. The van der Waals surface area contributed by atoms with Crippen molar-refractivity contribution in [2.75, 3.05) is 6.61 Å². The number of phosphoric ester groups is 2. The number of nitrogens with zero attached hydrogens (tertiary/aromatic N) is 3. The molecule has 3 N–H and O–H groups in total. The average molecular weight is 832 g/mol. The Balaban J connectivity index is 1.14. The number of aliphatic hydroxyl groups is 2. The lowest BCUT2D eigenvalue weighted by Crippen LogP contribution is -2.43. The molecular weight excluding hydrogens is 796 g/mol. The largest absolute Gasteiger partial charge is 0.484 e. The second-order valence-electron chi connectivity index (χ2n) is 12.4. The molecule has 0 radical (unpaired) electrons. The molecule has 0 bridgehead atoms. The topological polar surface area (TPSA) is 264 Å². The van der Waals surface area contributed by atoms with Crippen molar-refractivity contribution >= 4 is 38.6 Å². The fourth-order valence-electron chi connectivity index (χ4n) is 5.52. The van der Waals surface area contributed by atoms with Crippen molar-refractivity contribution in [1.82, 2.24) is 14.3 Å². The van der Waals surface area contributed by atoms with Gasteiger partial charge in [-0.25, -0.2) is 13.9 Å². The van der Waals surface area contributed by atoms with Crippen molar-refractivity contribution in [2.24, 2.45) is 0 Å². The van der Waals surface area contributed by atoms with E-state index in [-0.39, 0.29) is 23.7 Å². The van der Waals surface area contributed by atoms with Gasteiger partial charge in [-0.1, -0.05) is 41.6 Å². The third-order valence-corrected chi connectivity index (χ3v) is 11.2. The van der Waals surface area contributed by atoms with E-state index in [0.717, 1.165) is 21.4 Å². The highest BCUT2D eigenvalue weighted by molar-refractivity contribution is 7.61. The minimum Gasteiger partial charge on any atom is -0.427 e. The number of ether oxygens (including phenoxy) is 3. The molecule has 0 amide bonds. The predicted octanol–water partition coefficient (Wildman–Crippen LogP) is 3.34. The van der Waals surface area contributed by atoms with Crippen molar-refractivity contribution < 1.29 is 70.4 Å². The molecule has 5 aromatic rings. The maximum atomic E-state index is 13.8. The molecular formula is C35H35N3O17P2. The summed E-state index contributed by atoms with van der Waals surface area (Å²) in [6.07, 6.45) is -5.71. The van der Waals surface area contributed by atoms with E-state index in [9.17, 15) is 43.4 Å². The van der Waals surface area contributed by atoms with Crippen molar-refractivity contribution in [3.63, 3.8) is 0 Å². The van der Waals surface area contributed by atoms with E-state index in [1.807, 2.05) is 0 Å². The van der Waals surface area contributed by atoms with E-state index in [1.165, 1.54) is 62.4 Å². The van der Waals surface area contributed by atoms with Gasteiger partial charge in [-0.05, 0) is 47.5 Å². The molecule has 1 saturated heterocycles. The van der Waals surface area contributed by atoms with Crippen LogP contribution < -0.4 is 20.7 Å². The van der Waals surface area contributed by atoms with Gasteiger partial charge in [-0.3, -0.25) is 37.1 Å². The molecule has 6 rings (SSSR count). The van der Waals surface area contributed by atoms with Crippen LogP contribution in [0.5, 0.6) is 11.5 Å². The minimum atomic E-state index is -5.40. The molecule has 0 spiro atoms. The first-order valence-corrected chi connectivity index (χ1v) is 19.8. The number of para-hydroxylation sites is 1. The molecule has 3 aromatic carbocycles. The normalized spacial score (nSPS) is 19.3. The second-order valence-corrected chi connectivity index (χ2v) is 15.7. The summed E-state index contributed by atoms with van der Waals surface area (Å²) < 4.78 is 70.3. The fourth-order valence-corrected chi connectivity index (χ4v) is 8.12. The Bertz CT molecular complexity index is 2380. The quantitative estimate of drug-likeness (QED) is 0.0731. The third-order valence-electron chi connectivity index (χ3n) is 8.22. The van der Waals surface area contributed by atoms with Crippen molar-refractivity contribution in [3.05, 3.63) is 123 Å². The van der Waals surface area contributed by atoms with Crippen LogP contribution in [0.25, 0.3) is 11.0 Å². The van der Waals surface area contributed by atoms with Gasteiger partial charge < -0.3 is 33.8 Å². The Kier molecular flexibility index (Phi) is 12.8. The maximum Gasteiger partial charge on any atom is 0.484 e. The van der Waals surface area contributed by atoms with Crippen molar-refractivity contribution in [3.8, 4) is 11.5 Å². The molecule has 0 aliphatic carbocycles. The summed E-state index contributed by atoms with van der Waals surface area (Å²) in [7, 11) is -10.4. The Hall–Kier alpha value is -5.11. The number of benzene rings is 3. The van der Waals surface area contributed by atoms with Gasteiger partial charge in [0, 0.05) is 31.5 Å². The van der Waals surface area contributed by atoms with Gasteiger partial charge in [-0.15, -0.1) is 0 Å². The maximum absolute atomic E-state index is 13.8. The van der Waals surface area contributed by atoms with E-state index >= 15 is 0 Å². The van der Waals surface area contributed by atoms with Crippen LogP contribution in [0.3, 0.4) is 0 Å². The summed E-state index contributed by atoms with van der Waals surface area (Å²) in [5.41, 5.74) is -0.230. The summed E-state index contributed by atoms with van der Waals surface area (Å²) in [5, 5.41) is 26.1. The zero-order valence-corrected chi connectivity index (χ0v) is 31.8. The zero-order valence-electron chi connectivity index (χ0n) is 30.0. The van der Waals surface area contributed by atoms with Crippen LogP contribution in [-0.4, -0.2) is 66.3 Å². The summed E-state index contributed by atoms with van der Waals surface area (Å²) in [6.45, 7) is 0.193. The molecule has 2 unspecified atom stereocenters. The van der Waals surface area contributed by atoms with Crippen molar-refractivity contribution in [1.29, 1.82) is 0 Å². The summed E-state index contributed by atoms with van der Waals surface area (Å²) in [5.74, 6) is -0.692. The highest BCUT2D eigenvalue weighted by Gasteiger charge is 2.46. The number of carbonyl (C=O) groups is 2. The Morgan fingerprint density at radius 2 is 1.39 bits per heavy atom. The van der Waals surface area contributed by atoms with Crippen LogP contribution in [-0.2, 0) is 61.1 Å². The molecule has 20 nitrogen and oxygen atoms in total. The first kappa shape index (κ1) is 41.5. The number of carbonyl (C=O) groups excluding carboxylic acids is 2. The molecule has 57 heavy (non-hydrogen) atoms. The lowest BCUT2D eigenvalue weighted by Gasteiger charge is -2.22. The van der Waals surface area contributed by atoms with Crippen LogP contribution in [0.15, 0.2) is 99.2 Å². The van der Waals surface area contributed by atoms with Gasteiger partial charge >= 0.3 is 33.3 Å². The van der Waals surface area contributed by atoms with Gasteiger partial charge in [0.25, 0.3) is 5.56 Å². The van der Waals surface area contributed by atoms with Gasteiger partial charge in [0.2, 0.25) is 0 Å². The minimum absolute atomic E-state index is 0.211. The molecule has 1 aliphatic rings. The van der Waals surface area contributed by atoms with Gasteiger partial charge in [0.1, 0.15) is 35.5 Å². The predicted molar refractivity (Wildman–Crippen MR) is 194 cm³/mol. The third kappa shape index (κ3) is 10.4. The molecule has 3 heterocycles. The molecule has 302 valence electrons. The first-order valence-electron chi connectivity index (χ1n) is 16.9. The lowest BCUT2D eigenvalue weighted by molar-refractivity contribution is -0.132. The lowest BCUT2D eigenvalue weighted by atomic mass is 10.1.